The molecular weight excluding hydrogens is 252 g/mol. The molecule has 19 heavy (non-hydrogen) atoms. The number of benzene rings is 2. The Hall–Kier alpha value is -1.51. The van der Waals surface area contributed by atoms with E-state index in [1.54, 1.807) is 11.8 Å². The Balaban J connectivity index is 2.13. The van der Waals surface area contributed by atoms with Gasteiger partial charge < -0.3 is 5.11 Å². The van der Waals surface area contributed by atoms with E-state index in [2.05, 4.69) is 18.7 Å². The van der Waals surface area contributed by atoms with Gasteiger partial charge in [0.1, 0.15) is 0 Å². The van der Waals surface area contributed by atoms with Crippen LogP contribution in [0.2, 0.25) is 0 Å². The molecule has 0 saturated heterocycles. The van der Waals surface area contributed by atoms with Crippen molar-refractivity contribution in [3.8, 4) is 0 Å². The van der Waals surface area contributed by atoms with Gasteiger partial charge in [-0.05, 0) is 24.1 Å². The molecular formula is C17H18OS. The Bertz CT molecular complexity index is 495. The molecule has 2 aromatic carbocycles. The van der Waals surface area contributed by atoms with Crippen molar-refractivity contribution in [2.45, 2.75) is 22.7 Å². The molecule has 0 spiro atoms. The Kier molecular flexibility index (Phi) is 5.25. The lowest BCUT2D eigenvalue weighted by Gasteiger charge is -2.21. The maximum Gasteiger partial charge on any atom is 0.0915 e. The van der Waals surface area contributed by atoms with Crippen LogP contribution in [-0.4, -0.2) is 10.4 Å². The summed E-state index contributed by atoms with van der Waals surface area (Å²) in [4.78, 5) is 1.17. The standard InChI is InChI=1S/C17H18OS/c1-2-9-16(19-15-12-7-4-8-13-15)17(18)14-10-5-3-6-11-14/h2-8,10-13,16-18H,1,9H2/t16-,17+/m1/s1. The lowest BCUT2D eigenvalue weighted by atomic mass is 10.0. The van der Waals surface area contributed by atoms with Crippen LogP contribution in [0.25, 0.3) is 0 Å². The lowest BCUT2D eigenvalue weighted by Crippen LogP contribution is -2.14. The van der Waals surface area contributed by atoms with E-state index in [-0.39, 0.29) is 5.25 Å². The number of rotatable bonds is 6. The molecule has 2 rings (SSSR count). The van der Waals surface area contributed by atoms with Crippen LogP contribution >= 0.6 is 11.8 Å². The summed E-state index contributed by atoms with van der Waals surface area (Å²) in [6.45, 7) is 3.79. The van der Waals surface area contributed by atoms with Crippen molar-refractivity contribution >= 4 is 11.8 Å². The third-order valence-electron chi connectivity index (χ3n) is 2.92. The molecule has 0 heterocycles. The minimum absolute atomic E-state index is 0.0855. The van der Waals surface area contributed by atoms with Gasteiger partial charge in [0, 0.05) is 10.1 Å². The van der Waals surface area contributed by atoms with Crippen molar-refractivity contribution in [3.63, 3.8) is 0 Å². The van der Waals surface area contributed by atoms with Crippen LogP contribution < -0.4 is 0 Å². The van der Waals surface area contributed by atoms with Gasteiger partial charge in [-0.2, -0.15) is 0 Å². The molecule has 0 fully saturated rings. The maximum absolute atomic E-state index is 10.5. The van der Waals surface area contributed by atoms with Gasteiger partial charge in [-0.25, -0.2) is 0 Å². The lowest BCUT2D eigenvalue weighted by molar-refractivity contribution is 0.175. The van der Waals surface area contributed by atoms with Crippen LogP contribution in [0, 0.1) is 0 Å². The summed E-state index contributed by atoms with van der Waals surface area (Å²) in [7, 11) is 0. The summed E-state index contributed by atoms with van der Waals surface area (Å²) in [5.41, 5.74) is 0.956. The van der Waals surface area contributed by atoms with E-state index in [0.717, 1.165) is 12.0 Å². The molecule has 0 amide bonds. The topological polar surface area (TPSA) is 20.2 Å². The number of hydrogen-bond donors (Lipinski definition) is 1. The summed E-state index contributed by atoms with van der Waals surface area (Å²) >= 11 is 1.69. The van der Waals surface area contributed by atoms with Crippen molar-refractivity contribution < 1.29 is 5.11 Å². The van der Waals surface area contributed by atoms with Gasteiger partial charge >= 0.3 is 0 Å². The van der Waals surface area contributed by atoms with Crippen LogP contribution in [-0.2, 0) is 0 Å². The van der Waals surface area contributed by atoms with Crippen LogP contribution in [0.4, 0.5) is 0 Å². The Morgan fingerprint density at radius 3 is 2.16 bits per heavy atom. The predicted molar refractivity (Wildman–Crippen MR) is 82.3 cm³/mol. The van der Waals surface area contributed by atoms with Gasteiger partial charge in [-0.3, -0.25) is 0 Å². The highest BCUT2D eigenvalue weighted by atomic mass is 32.2. The van der Waals surface area contributed by atoms with Crippen molar-refractivity contribution in [3.05, 3.63) is 78.9 Å². The molecule has 0 radical (unpaired) electrons. The highest BCUT2D eigenvalue weighted by molar-refractivity contribution is 8.00. The summed E-state index contributed by atoms with van der Waals surface area (Å²) in [6, 6.07) is 20.0. The molecule has 0 aliphatic carbocycles. The average Bonchev–Trinajstić information content (AvgIpc) is 2.48. The highest BCUT2D eigenvalue weighted by Gasteiger charge is 2.20. The van der Waals surface area contributed by atoms with Gasteiger partial charge in [-0.1, -0.05) is 54.6 Å². The summed E-state index contributed by atoms with van der Waals surface area (Å²) in [6.07, 6.45) is 2.16. The molecule has 1 N–H and O–H groups in total. The van der Waals surface area contributed by atoms with E-state index < -0.39 is 6.10 Å². The van der Waals surface area contributed by atoms with Gasteiger partial charge in [-0.15, -0.1) is 18.3 Å². The van der Waals surface area contributed by atoms with E-state index in [0.29, 0.717) is 0 Å². The molecule has 1 nitrogen and oxygen atoms in total. The zero-order valence-corrected chi connectivity index (χ0v) is 11.6. The van der Waals surface area contributed by atoms with Crippen molar-refractivity contribution in [1.29, 1.82) is 0 Å². The van der Waals surface area contributed by atoms with E-state index in [1.165, 1.54) is 4.90 Å². The van der Waals surface area contributed by atoms with Crippen LogP contribution in [0.3, 0.4) is 0 Å². The molecule has 0 bridgehead atoms. The van der Waals surface area contributed by atoms with Crippen molar-refractivity contribution in [1.82, 2.24) is 0 Å². The molecule has 2 heteroatoms. The van der Waals surface area contributed by atoms with E-state index in [1.807, 2.05) is 54.6 Å². The van der Waals surface area contributed by atoms with E-state index in [4.69, 9.17) is 0 Å². The second-order valence-corrected chi connectivity index (χ2v) is 5.66. The fourth-order valence-corrected chi connectivity index (χ4v) is 3.13. The normalized spacial score (nSPS) is 13.7. The molecule has 2 atom stereocenters. The molecule has 0 aromatic heterocycles. The largest absolute Gasteiger partial charge is 0.387 e. The van der Waals surface area contributed by atoms with Crippen LogP contribution in [0.5, 0.6) is 0 Å². The zero-order valence-electron chi connectivity index (χ0n) is 10.8. The average molecular weight is 270 g/mol. The quantitative estimate of drug-likeness (QED) is 0.618. The predicted octanol–water partition coefficient (Wildman–Crippen LogP) is 4.46. The minimum Gasteiger partial charge on any atom is -0.387 e. The molecule has 0 aliphatic heterocycles. The van der Waals surface area contributed by atoms with Crippen molar-refractivity contribution in [2.24, 2.45) is 0 Å². The van der Waals surface area contributed by atoms with Crippen molar-refractivity contribution in [2.75, 3.05) is 0 Å². The van der Waals surface area contributed by atoms with Gasteiger partial charge in [0.15, 0.2) is 0 Å². The summed E-state index contributed by atoms with van der Waals surface area (Å²) < 4.78 is 0. The third kappa shape index (κ3) is 3.98. The highest BCUT2D eigenvalue weighted by Crippen LogP contribution is 2.34. The zero-order chi connectivity index (χ0) is 13.5. The van der Waals surface area contributed by atoms with Gasteiger partial charge in [0.2, 0.25) is 0 Å². The molecule has 0 aliphatic rings. The monoisotopic (exact) mass is 270 g/mol. The SMILES string of the molecule is C=CC[C@@H](Sc1ccccc1)[C@@H](O)c1ccccc1. The first kappa shape index (κ1) is 13.9. The van der Waals surface area contributed by atoms with E-state index in [9.17, 15) is 5.11 Å². The fraction of sp³-hybridized carbons (Fsp3) is 0.176. The molecule has 98 valence electrons. The number of aliphatic hydroxyl groups is 1. The second-order valence-electron chi connectivity index (χ2n) is 4.35. The first-order valence-corrected chi connectivity index (χ1v) is 7.25. The van der Waals surface area contributed by atoms with Gasteiger partial charge in [0.05, 0.1) is 6.10 Å². The van der Waals surface area contributed by atoms with E-state index >= 15 is 0 Å². The number of aliphatic hydroxyl groups excluding tert-OH is 1. The second kappa shape index (κ2) is 7.17. The number of hydrogen-bond acceptors (Lipinski definition) is 2. The van der Waals surface area contributed by atoms with Crippen LogP contribution in [0.15, 0.2) is 78.2 Å². The Labute approximate surface area is 119 Å². The first-order valence-electron chi connectivity index (χ1n) is 6.37. The Morgan fingerprint density at radius 1 is 1.00 bits per heavy atom. The Morgan fingerprint density at radius 2 is 1.58 bits per heavy atom. The summed E-state index contributed by atoms with van der Waals surface area (Å²) in [5, 5.41) is 10.6. The van der Waals surface area contributed by atoms with Crippen LogP contribution in [0.1, 0.15) is 18.1 Å². The molecule has 0 saturated carbocycles. The first-order chi connectivity index (χ1) is 9.31. The third-order valence-corrected chi connectivity index (χ3v) is 4.22. The van der Waals surface area contributed by atoms with Gasteiger partial charge in [0.25, 0.3) is 0 Å². The molecule has 0 unspecified atom stereocenters. The summed E-state index contributed by atoms with van der Waals surface area (Å²) in [5.74, 6) is 0. The maximum atomic E-state index is 10.5. The number of allylic oxidation sites excluding steroid dienone is 1. The minimum atomic E-state index is -0.482. The fourth-order valence-electron chi connectivity index (χ4n) is 1.94. The number of thioether (sulfide) groups is 1. The smallest absolute Gasteiger partial charge is 0.0915 e. The molecule has 2 aromatic rings.